The fraction of sp³-hybridized carbons (Fsp3) is 0.182. The minimum Gasteiger partial charge on any atom is -0.421 e. The number of carbonyl (C=O) groups is 1. The molecule has 1 aliphatic rings. The van der Waals surface area contributed by atoms with Crippen LogP contribution in [0.15, 0.2) is 46.7 Å². The van der Waals surface area contributed by atoms with Crippen molar-refractivity contribution in [2.75, 3.05) is 0 Å². The second-order valence-electron chi connectivity index (χ2n) is 3.56. The van der Waals surface area contributed by atoms with Crippen LogP contribution >= 0.6 is 0 Å². The van der Waals surface area contributed by atoms with E-state index in [1.54, 1.807) is 30.3 Å². The first-order valence-electron chi connectivity index (χ1n) is 4.87. The number of aliphatic hydroxyl groups is 1. The predicted octanol–water partition coefficient (Wildman–Crippen LogP) is 1.97. The van der Waals surface area contributed by atoms with E-state index < -0.39 is 11.8 Å². The van der Waals surface area contributed by atoms with Gasteiger partial charge in [0.15, 0.2) is 0 Å². The first-order chi connectivity index (χ1) is 8.09. The summed E-state index contributed by atoms with van der Waals surface area (Å²) in [5.74, 6) is -2.69. The van der Waals surface area contributed by atoms with Crippen LogP contribution in [-0.2, 0) is 15.3 Å². The molecular formula is C11H9N3O3. The summed E-state index contributed by atoms with van der Waals surface area (Å²) in [6, 6.07) is 8.29. The summed E-state index contributed by atoms with van der Waals surface area (Å²) in [5.41, 5.74) is 8.79. The van der Waals surface area contributed by atoms with Crippen LogP contribution in [0.2, 0.25) is 0 Å². The predicted molar refractivity (Wildman–Crippen MR) is 58.3 cm³/mol. The van der Waals surface area contributed by atoms with Crippen LogP contribution in [0, 0.1) is 0 Å². The lowest BCUT2D eigenvalue weighted by molar-refractivity contribution is -0.185. The van der Waals surface area contributed by atoms with Crippen LogP contribution in [0.4, 0.5) is 0 Å². The zero-order chi connectivity index (χ0) is 12.5. The third kappa shape index (κ3) is 1.65. The van der Waals surface area contributed by atoms with Crippen LogP contribution < -0.4 is 0 Å². The van der Waals surface area contributed by atoms with Crippen molar-refractivity contribution in [3.8, 4) is 0 Å². The Bertz CT molecular complexity index is 546. The van der Waals surface area contributed by atoms with Gasteiger partial charge in [0, 0.05) is 16.0 Å². The van der Waals surface area contributed by atoms with E-state index >= 15 is 0 Å². The molecule has 6 heteroatoms. The van der Waals surface area contributed by atoms with Crippen molar-refractivity contribution in [2.45, 2.75) is 12.7 Å². The van der Waals surface area contributed by atoms with E-state index in [0.29, 0.717) is 5.56 Å². The molecule has 1 aromatic rings. The Kier molecular flexibility index (Phi) is 2.59. The van der Waals surface area contributed by atoms with E-state index in [1.165, 1.54) is 6.92 Å². The fourth-order valence-electron chi connectivity index (χ4n) is 1.66. The highest BCUT2D eigenvalue weighted by atomic mass is 16.7. The summed E-state index contributed by atoms with van der Waals surface area (Å²) in [4.78, 5) is 14.0. The average molecular weight is 231 g/mol. The SMILES string of the molecule is CC1=C(N=[N+]=[N-])C(O)(c2ccccc2)OC1=O. The Morgan fingerprint density at radius 3 is 2.65 bits per heavy atom. The number of cyclic esters (lactones) is 1. The molecular weight excluding hydrogens is 222 g/mol. The molecule has 0 fully saturated rings. The fourth-order valence-corrected chi connectivity index (χ4v) is 1.66. The van der Waals surface area contributed by atoms with Gasteiger partial charge >= 0.3 is 5.97 Å². The first kappa shape index (κ1) is 11.2. The normalized spacial score (nSPS) is 23.3. The van der Waals surface area contributed by atoms with Crippen LogP contribution in [0.5, 0.6) is 0 Å². The second kappa shape index (κ2) is 3.93. The molecule has 1 aliphatic heterocycles. The van der Waals surface area contributed by atoms with Gasteiger partial charge in [0.25, 0.3) is 5.79 Å². The Morgan fingerprint density at radius 1 is 1.41 bits per heavy atom. The van der Waals surface area contributed by atoms with Crippen LogP contribution in [0.1, 0.15) is 12.5 Å². The van der Waals surface area contributed by atoms with Crippen molar-refractivity contribution in [3.05, 3.63) is 57.6 Å². The summed E-state index contributed by atoms with van der Waals surface area (Å²) < 4.78 is 4.89. The molecule has 1 unspecified atom stereocenters. The molecule has 6 nitrogen and oxygen atoms in total. The number of rotatable bonds is 2. The van der Waals surface area contributed by atoms with Crippen molar-refractivity contribution in [1.82, 2.24) is 0 Å². The summed E-state index contributed by atoms with van der Waals surface area (Å²) in [7, 11) is 0. The molecule has 0 saturated heterocycles. The van der Waals surface area contributed by atoms with Crippen molar-refractivity contribution in [2.24, 2.45) is 5.11 Å². The third-order valence-electron chi connectivity index (χ3n) is 2.53. The van der Waals surface area contributed by atoms with Gasteiger partial charge in [-0.15, -0.1) is 0 Å². The van der Waals surface area contributed by atoms with Gasteiger partial charge < -0.3 is 9.84 Å². The molecule has 86 valence electrons. The van der Waals surface area contributed by atoms with Gasteiger partial charge in [0.1, 0.15) is 5.70 Å². The monoisotopic (exact) mass is 231 g/mol. The Morgan fingerprint density at radius 2 is 2.06 bits per heavy atom. The number of carbonyl (C=O) groups excluding carboxylic acids is 1. The first-order valence-corrected chi connectivity index (χ1v) is 4.87. The second-order valence-corrected chi connectivity index (χ2v) is 3.56. The molecule has 0 saturated carbocycles. The quantitative estimate of drug-likeness (QED) is 0.364. The average Bonchev–Trinajstić information content (AvgIpc) is 2.56. The van der Waals surface area contributed by atoms with E-state index in [0.717, 1.165) is 0 Å². The van der Waals surface area contributed by atoms with Gasteiger partial charge in [-0.05, 0) is 12.5 Å². The molecule has 0 amide bonds. The van der Waals surface area contributed by atoms with E-state index in [1.807, 2.05) is 0 Å². The molecule has 2 rings (SSSR count). The van der Waals surface area contributed by atoms with Crippen LogP contribution in [-0.4, -0.2) is 11.1 Å². The molecule has 1 atom stereocenters. The van der Waals surface area contributed by atoms with Gasteiger partial charge in [-0.1, -0.05) is 35.4 Å². The summed E-state index contributed by atoms with van der Waals surface area (Å²) in [6.07, 6.45) is 0. The van der Waals surface area contributed by atoms with E-state index in [9.17, 15) is 9.90 Å². The third-order valence-corrected chi connectivity index (χ3v) is 2.53. The topological polar surface area (TPSA) is 95.3 Å². The van der Waals surface area contributed by atoms with Crippen molar-refractivity contribution < 1.29 is 14.6 Å². The molecule has 0 aliphatic carbocycles. The summed E-state index contributed by atoms with van der Waals surface area (Å²) >= 11 is 0. The van der Waals surface area contributed by atoms with Crippen molar-refractivity contribution >= 4 is 5.97 Å². The summed E-state index contributed by atoms with van der Waals surface area (Å²) in [6.45, 7) is 1.44. The Labute approximate surface area is 96.8 Å². The molecule has 1 heterocycles. The largest absolute Gasteiger partial charge is 0.421 e. The van der Waals surface area contributed by atoms with Gasteiger partial charge in [-0.25, -0.2) is 4.79 Å². The van der Waals surface area contributed by atoms with Gasteiger partial charge in [-0.2, -0.15) is 0 Å². The molecule has 0 bridgehead atoms. The number of hydrogen-bond acceptors (Lipinski definition) is 4. The Hall–Kier alpha value is -2.30. The number of esters is 1. The van der Waals surface area contributed by atoms with Crippen LogP contribution in [0.25, 0.3) is 10.4 Å². The van der Waals surface area contributed by atoms with E-state index in [-0.39, 0.29) is 11.3 Å². The standard InChI is InChI=1S/C11H9N3O3/c1-7-9(13-14-12)11(16,17-10(7)15)8-5-3-2-4-6-8/h2-6,16H,1H3. The van der Waals surface area contributed by atoms with Gasteiger partial charge in [-0.3, -0.25) is 0 Å². The van der Waals surface area contributed by atoms with E-state index in [2.05, 4.69) is 10.0 Å². The molecule has 0 radical (unpaired) electrons. The minimum atomic E-state index is -1.99. The Balaban J connectivity index is 2.60. The molecule has 1 N–H and O–H groups in total. The highest BCUT2D eigenvalue weighted by molar-refractivity contribution is 5.92. The molecule has 0 spiro atoms. The van der Waals surface area contributed by atoms with Gasteiger partial charge in [0.05, 0.1) is 0 Å². The number of azide groups is 1. The van der Waals surface area contributed by atoms with E-state index in [4.69, 9.17) is 10.3 Å². The lowest BCUT2D eigenvalue weighted by Crippen LogP contribution is -2.28. The smallest absolute Gasteiger partial charge is 0.337 e. The maximum Gasteiger partial charge on any atom is 0.337 e. The molecule has 17 heavy (non-hydrogen) atoms. The maximum atomic E-state index is 11.4. The van der Waals surface area contributed by atoms with Gasteiger partial charge in [0.2, 0.25) is 0 Å². The van der Waals surface area contributed by atoms with Crippen molar-refractivity contribution in [3.63, 3.8) is 0 Å². The van der Waals surface area contributed by atoms with Crippen LogP contribution in [0.3, 0.4) is 0 Å². The zero-order valence-corrected chi connectivity index (χ0v) is 8.99. The van der Waals surface area contributed by atoms with Crippen molar-refractivity contribution in [1.29, 1.82) is 0 Å². The summed E-state index contributed by atoms with van der Waals surface area (Å²) in [5, 5.41) is 13.7. The number of benzene rings is 1. The molecule has 0 aromatic heterocycles. The highest BCUT2D eigenvalue weighted by Gasteiger charge is 2.45. The lowest BCUT2D eigenvalue weighted by Gasteiger charge is -2.22. The number of nitrogens with zero attached hydrogens (tertiary/aromatic N) is 3. The highest BCUT2D eigenvalue weighted by Crippen LogP contribution is 2.39. The zero-order valence-electron chi connectivity index (χ0n) is 8.99. The molecule has 1 aromatic carbocycles. The minimum absolute atomic E-state index is 0.106. The number of ether oxygens (including phenoxy) is 1. The lowest BCUT2D eigenvalue weighted by atomic mass is 10.0. The maximum absolute atomic E-state index is 11.4. The number of hydrogen-bond donors (Lipinski definition) is 1.